The fourth-order valence-corrected chi connectivity index (χ4v) is 2.13. The van der Waals surface area contributed by atoms with Crippen LogP contribution in [0.4, 0.5) is 0 Å². The number of aromatic nitrogens is 3. The van der Waals surface area contributed by atoms with Crippen molar-refractivity contribution in [3.63, 3.8) is 0 Å². The molecule has 1 aliphatic heterocycles. The number of nitrogens with two attached hydrogens (primary N) is 1. The molecule has 0 saturated carbocycles. The van der Waals surface area contributed by atoms with Crippen LogP contribution in [0.3, 0.4) is 0 Å². The molecule has 4 heteroatoms. The Balaban J connectivity index is 2.22. The van der Waals surface area contributed by atoms with E-state index in [9.17, 15) is 0 Å². The lowest BCUT2D eigenvalue weighted by Gasteiger charge is -2.18. The Morgan fingerprint density at radius 1 is 1.40 bits per heavy atom. The van der Waals surface area contributed by atoms with Crippen LogP contribution < -0.4 is 5.73 Å². The van der Waals surface area contributed by atoms with Crippen molar-refractivity contribution in [3.8, 4) is 11.3 Å². The Kier molecular flexibility index (Phi) is 1.82. The van der Waals surface area contributed by atoms with Gasteiger partial charge in [0, 0.05) is 24.7 Å². The summed E-state index contributed by atoms with van der Waals surface area (Å²) >= 11 is 0. The van der Waals surface area contributed by atoms with E-state index >= 15 is 0 Å². The monoisotopic (exact) mass is 200 g/mol. The van der Waals surface area contributed by atoms with Gasteiger partial charge in [-0.25, -0.2) is 4.98 Å². The molecular formula is C11H12N4. The molecule has 0 saturated heterocycles. The van der Waals surface area contributed by atoms with E-state index in [2.05, 4.69) is 20.6 Å². The van der Waals surface area contributed by atoms with Gasteiger partial charge in [0.1, 0.15) is 5.82 Å². The number of fused-ring (bicyclic) bond motifs is 3. The minimum Gasteiger partial charge on any atom is -0.326 e. The van der Waals surface area contributed by atoms with Crippen LogP contribution >= 0.6 is 0 Å². The molecule has 0 unspecified atom stereocenters. The lowest BCUT2D eigenvalue weighted by Crippen LogP contribution is -2.16. The summed E-state index contributed by atoms with van der Waals surface area (Å²) in [5.74, 6) is 0.958. The molecule has 2 aromatic rings. The first kappa shape index (κ1) is 8.61. The second-order valence-electron chi connectivity index (χ2n) is 3.66. The number of rotatable bonds is 1. The van der Waals surface area contributed by atoms with Gasteiger partial charge in [0.15, 0.2) is 0 Å². The minimum atomic E-state index is 0.496. The molecule has 0 amide bonds. The maximum atomic E-state index is 5.64. The van der Waals surface area contributed by atoms with Crippen LogP contribution in [0.1, 0.15) is 11.5 Å². The van der Waals surface area contributed by atoms with Gasteiger partial charge in [-0.3, -0.25) is 4.98 Å². The smallest absolute Gasteiger partial charge is 0.122 e. The maximum absolute atomic E-state index is 5.64. The van der Waals surface area contributed by atoms with Crippen LogP contribution in [0.5, 0.6) is 0 Å². The van der Waals surface area contributed by atoms with E-state index in [-0.39, 0.29) is 0 Å². The summed E-state index contributed by atoms with van der Waals surface area (Å²) in [5, 5.41) is 0. The first-order valence-corrected chi connectivity index (χ1v) is 5.09. The van der Waals surface area contributed by atoms with E-state index in [1.165, 1.54) is 5.56 Å². The van der Waals surface area contributed by atoms with Gasteiger partial charge >= 0.3 is 0 Å². The first-order valence-electron chi connectivity index (χ1n) is 5.09. The molecular weight excluding hydrogens is 188 g/mol. The molecule has 0 fully saturated rings. The highest BCUT2D eigenvalue weighted by molar-refractivity contribution is 5.63. The summed E-state index contributed by atoms with van der Waals surface area (Å²) in [6.07, 6.45) is 4.70. The molecule has 3 rings (SSSR count). The number of hydrogen-bond acceptors (Lipinski definition) is 3. The van der Waals surface area contributed by atoms with E-state index in [1.807, 2.05) is 18.5 Å². The Hall–Kier alpha value is -1.68. The fourth-order valence-electron chi connectivity index (χ4n) is 2.13. The van der Waals surface area contributed by atoms with Gasteiger partial charge in [-0.2, -0.15) is 0 Å². The highest BCUT2D eigenvalue weighted by Gasteiger charge is 2.18. The summed E-state index contributed by atoms with van der Waals surface area (Å²) in [6.45, 7) is 1.43. The summed E-state index contributed by atoms with van der Waals surface area (Å²) < 4.78 is 2.18. The third-order valence-corrected chi connectivity index (χ3v) is 2.86. The second kappa shape index (κ2) is 3.17. The summed E-state index contributed by atoms with van der Waals surface area (Å²) in [6, 6.07) is 4.05. The van der Waals surface area contributed by atoms with Crippen molar-refractivity contribution in [2.75, 3.05) is 0 Å². The quantitative estimate of drug-likeness (QED) is 0.746. The second-order valence-corrected chi connectivity index (χ2v) is 3.66. The summed E-state index contributed by atoms with van der Waals surface area (Å²) in [7, 11) is 0. The SMILES string of the molecule is NCc1ncc2n1CCc1ncccc1-2. The van der Waals surface area contributed by atoms with E-state index in [4.69, 9.17) is 5.73 Å². The van der Waals surface area contributed by atoms with Gasteiger partial charge < -0.3 is 10.3 Å². The van der Waals surface area contributed by atoms with Crippen LogP contribution in [-0.2, 0) is 19.5 Å². The van der Waals surface area contributed by atoms with Crippen LogP contribution in [0.25, 0.3) is 11.3 Å². The maximum Gasteiger partial charge on any atom is 0.122 e. The van der Waals surface area contributed by atoms with Crippen LogP contribution in [-0.4, -0.2) is 14.5 Å². The Morgan fingerprint density at radius 3 is 3.20 bits per heavy atom. The molecule has 0 atom stereocenters. The molecule has 4 nitrogen and oxygen atoms in total. The number of hydrogen-bond donors (Lipinski definition) is 1. The molecule has 0 spiro atoms. The van der Waals surface area contributed by atoms with Crippen molar-refractivity contribution in [2.45, 2.75) is 19.5 Å². The predicted octanol–water partition coefficient (Wildman–Crippen LogP) is 0.960. The molecule has 0 bridgehead atoms. The van der Waals surface area contributed by atoms with Crippen LogP contribution in [0.2, 0.25) is 0 Å². The van der Waals surface area contributed by atoms with Gasteiger partial charge in [-0.15, -0.1) is 0 Å². The lowest BCUT2D eigenvalue weighted by atomic mass is 10.0. The number of pyridine rings is 1. The zero-order chi connectivity index (χ0) is 10.3. The molecule has 0 aromatic carbocycles. The number of imidazole rings is 1. The Labute approximate surface area is 87.8 Å². The van der Waals surface area contributed by atoms with Crippen molar-refractivity contribution in [3.05, 3.63) is 36.0 Å². The van der Waals surface area contributed by atoms with Gasteiger partial charge in [-0.05, 0) is 12.1 Å². The zero-order valence-corrected chi connectivity index (χ0v) is 8.35. The molecule has 15 heavy (non-hydrogen) atoms. The van der Waals surface area contributed by atoms with Crippen molar-refractivity contribution < 1.29 is 0 Å². The zero-order valence-electron chi connectivity index (χ0n) is 8.35. The van der Waals surface area contributed by atoms with Crippen LogP contribution in [0.15, 0.2) is 24.5 Å². The molecule has 0 aliphatic carbocycles. The lowest BCUT2D eigenvalue weighted by molar-refractivity contribution is 0.634. The molecule has 0 radical (unpaired) electrons. The van der Waals surface area contributed by atoms with Gasteiger partial charge in [0.2, 0.25) is 0 Å². The van der Waals surface area contributed by atoms with Gasteiger partial charge in [0.05, 0.1) is 24.1 Å². The standard InChI is InChI=1S/C11H12N4/c12-6-11-14-7-10-8-2-1-4-13-9(8)3-5-15(10)11/h1-2,4,7H,3,5-6,12H2. The van der Waals surface area contributed by atoms with E-state index < -0.39 is 0 Å². The van der Waals surface area contributed by atoms with Gasteiger partial charge in [-0.1, -0.05) is 0 Å². The normalized spacial score (nSPS) is 13.4. The first-order chi connectivity index (χ1) is 7.40. The molecule has 76 valence electrons. The van der Waals surface area contributed by atoms with Gasteiger partial charge in [0.25, 0.3) is 0 Å². The number of nitrogens with zero attached hydrogens (tertiary/aromatic N) is 3. The van der Waals surface area contributed by atoms with Crippen molar-refractivity contribution >= 4 is 0 Å². The topological polar surface area (TPSA) is 56.7 Å². The van der Waals surface area contributed by atoms with Crippen molar-refractivity contribution in [1.29, 1.82) is 0 Å². The summed E-state index contributed by atoms with van der Waals surface area (Å²) in [4.78, 5) is 8.71. The average molecular weight is 200 g/mol. The molecule has 2 aromatic heterocycles. The Morgan fingerprint density at radius 2 is 2.33 bits per heavy atom. The average Bonchev–Trinajstić information content (AvgIpc) is 2.72. The van der Waals surface area contributed by atoms with Crippen molar-refractivity contribution in [2.24, 2.45) is 5.73 Å². The van der Waals surface area contributed by atoms with E-state index in [1.54, 1.807) is 0 Å². The molecule has 1 aliphatic rings. The minimum absolute atomic E-state index is 0.496. The third kappa shape index (κ3) is 1.18. The molecule has 3 heterocycles. The fraction of sp³-hybridized carbons (Fsp3) is 0.273. The van der Waals surface area contributed by atoms with Crippen LogP contribution in [0, 0.1) is 0 Å². The highest BCUT2D eigenvalue weighted by Crippen LogP contribution is 2.28. The predicted molar refractivity (Wildman–Crippen MR) is 57.1 cm³/mol. The largest absolute Gasteiger partial charge is 0.326 e. The van der Waals surface area contributed by atoms with E-state index in [0.717, 1.165) is 30.2 Å². The Bertz CT molecular complexity index is 501. The van der Waals surface area contributed by atoms with E-state index in [0.29, 0.717) is 6.54 Å². The summed E-state index contributed by atoms with van der Waals surface area (Å²) in [5.41, 5.74) is 9.13. The third-order valence-electron chi connectivity index (χ3n) is 2.86. The number of aryl methyl sites for hydroxylation is 1. The van der Waals surface area contributed by atoms with Crippen molar-refractivity contribution in [1.82, 2.24) is 14.5 Å². The molecule has 2 N–H and O–H groups in total. The highest BCUT2D eigenvalue weighted by atomic mass is 15.1.